The molecular weight excluding hydrogens is 282 g/mol. The molecule has 0 aliphatic heterocycles. The Morgan fingerprint density at radius 1 is 1.27 bits per heavy atom. The highest BCUT2D eigenvalue weighted by Gasteiger charge is 2.11. The van der Waals surface area contributed by atoms with Crippen LogP contribution < -0.4 is 15.2 Å². The van der Waals surface area contributed by atoms with E-state index in [1.807, 2.05) is 24.3 Å². The molecule has 0 spiro atoms. The SMILES string of the molecule is COc1ccc(OCCCc2c(CN)nnn2CC#N)cc1. The van der Waals surface area contributed by atoms with Gasteiger partial charge in [0.15, 0.2) is 0 Å². The third kappa shape index (κ3) is 3.96. The first-order valence-corrected chi connectivity index (χ1v) is 7.03. The van der Waals surface area contributed by atoms with Gasteiger partial charge in [0.2, 0.25) is 0 Å². The second-order valence-electron chi connectivity index (χ2n) is 4.63. The van der Waals surface area contributed by atoms with E-state index in [1.54, 1.807) is 11.8 Å². The van der Waals surface area contributed by atoms with Crippen molar-refractivity contribution in [3.63, 3.8) is 0 Å². The molecule has 0 unspecified atom stereocenters. The third-order valence-electron chi connectivity index (χ3n) is 3.22. The molecule has 0 radical (unpaired) electrons. The molecule has 0 bridgehead atoms. The highest BCUT2D eigenvalue weighted by Crippen LogP contribution is 2.17. The maximum atomic E-state index is 8.78. The molecule has 0 saturated heterocycles. The van der Waals surface area contributed by atoms with Crippen LogP contribution >= 0.6 is 0 Å². The standard InChI is InChI=1S/C15H19N5O2/c1-21-12-4-6-13(7-5-12)22-10-2-3-15-14(11-17)18-19-20(15)9-8-16/h4-7H,2-3,9-11,17H2,1H3. The van der Waals surface area contributed by atoms with E-state index in [2.05, 4.69) is 16.4 Å². The van der Waals surface area contributed by atoms with Crippen LogP contribution in [0.5, 0.6) is 11.5 Å². The highest BCUT2D eigenvalue weighted by molar-refractivity contribution is 5.31. The Labute approximate surface area is 129 Å². The summed E-state index contributed by atoms with van der Waals surface area (Å²) >= 11 is 0. The van der Waals surface area contributed by atoms with E-state index in [4.69, 9.17) is 20.5 Å². The summed E-state index contributed by atoms with van der Waals surface area (Å²) in [6.07, 6.45) is 1.51. The number of nitrogens with two attached hydrogens (primary N) is 1. The van der Waals surface area contributed by atoms with Gasteiger partial charge < -0.3 is 15.2 Å². The second kappa shape index (κ2) is 8.00. The molecule has 0 aliphatic carbocycles. The van der Waals surface area contributed by atoms with Gasteiger partial charge in [-0.3, -0.25) is 0 Å². The largest absolute Gasteiger partial charge is 0.497 e. The van der Waals surface area contributed by atoms with Crippen LogP contribution in [0.3, 0.4) is 0 Å². The average Bonchev–Trinajstić information content (AvgIpc) is 2.94. The maximum Gasteiger partial charge on any atom is 0.130 e. The summed E-state index contributed by atoms with van der Waals surface area (Å²) in [5.41, 5.74) is 7.28. The van der Waals surface area contributed by atoms with Crippen LogP contribution in [0, 0.1) is 11.3 Å². The quantitative estimate of drug-likeness (QED) is 0.737. The lowest BCUT2D eigenvalue weighted by molar-refractivity contribution is 0.308. The highest BCUT2D eigenvalue weighted by atomic mass is 16.5. The van der Waals surface area contributed by atoms with Gasteiger partial charge in [-0.25, -0.2) is 4.68 Å². The fourth-order valence-electron chi connectivity index (χ4n) is 2.10. The van der Waals surface area contributed by atoms with E-state index in [0.29, 0.717) is 13.2 Å². The lowest BCUT2D eigenvalue weighted by atomic mass is 10.2. The van der Waals surface area contributed by atoms with E-state index < -0.39 is 0 Å². The van der Waals surface area contributed by atoms with Gasteiger partial charge in [0, 0.05) is 6.54 Å². The molecule has 0 amide bonds. The Balaban J connectivity index is 1.85. The minimum absolute atomic E-state index is 0.182. The van der Waals surface area contributed by atoms with Crippen LogP contribution in [-0.2, 0) is 19.5 Å². The number of nitrogens with zero attached hydrogens (tertiary/aromatic N) is 4. The molecule has 1 aromatic carbocycles. The van der Waals surface area contributed by atoms with Gasteiger partial charge in [-0.05, 0) is 37.1 Å². The lowest BCUT2D eigenvalue weighted by Gasteiger charge is -2.08. The Morgan fingerprint density at radius 2 is 2.00 bits per heavy atom. The molecule has 7 nitrogen and oxygen atoms in total. The normalized spacial score (nSPS) is 10.2. The van der Waals surface area contributed by atoms with Crippen LogP contribution in [0.15, 0.2) is 24.3 Å². The Kier molecular flexibility index (Phi) is 5.74. The van der Waals surface area contributed by atoms with Gasteiger partial charge in [0.05, 0.1) is 31.2 Å². The van der Waals surface area contributed by atoms with Crippen molar-refractivity contribution < 1.29 is 9.47 Å². The Bertz CT molecular complexity index is 630. The van der Waals surface area contributed by atoms with Crippen LogP contribution in [0.1, 0.15) is 17.8 Å². The van der Waals surface area contributed by atoms with E-state index in [9.17, 15) is 0 Å². The van der Waals surface area contributed by atoms with Gasteiger partial charge in [-0.15, -0.1) is 5.10 Å². The van der Waals surface area contributed by atoms with Crippen molar-refractivity contribution in [1.82, 2.24) is 15.0 Å². The summed E-state index contributed by atoms with van der Waals surface area (Å²) in [6, 6.07) is 9.51. The van der Waals surface area contributed by atoms with Crippen LogP contribution in [0.25, 0.3) is 0 Å². The molecule has 1 heterocycles. The predicted octanol–water partition coefficient (Wildman–Crippen LogP) is 1.28. The first kappa shape index (κ1) is 15.8. The molecular formula is C15H19N5O2. The molecule has 2 rings (SSSR count). The molecule has 2 N–H and O–H groups in total. The van der Waals surface area contributed by atoms with Crippen molar-refractivity contribution in [2.24, 2.45) is 5.73 Å². The van der Waals surface area contributed by atoms with Gasteiger partial charge in [0.1, 0.15) is 18.0 Å². The molecule has 0 saturated carbocycles. The van der Waals surface area contributed by atoms with E-state index in [-0.39, 0.29) is 6.54 Å². The van der Waals surface area contributed by atoms with Gasteiger partial charge >= 0.3 is 0 Å². The smallest absolute Gasteiger partial charge is 0.130 e. The zero-order valence-electron chi connectivity index (χ0n) is 12.5. The van der Waals surface area contributed by atoms with E-state index >= 15 is 0 Å². The molecule has 0 fully saturated rings. The Hall–Kier alpha value is -2.59. The number of rotatable bonds is 8. The van der Waals surface area contributed by atoms with E-state index in [0.717, 1.165) is 35.7 Å². The van der Waals surface area contributed by atoms with Crippen LogP contribution in [-0.4, -0.2) is 28.7 Å². The number of nitriles is 1. The summed E-state index contributed by atoms with van der Waals surface area (Å²) in [5.74, 6) is 1.59. The first-order valence-electron chi connectivity index (χ1n) is 7.03. The lowest BCUT2D eigenvalue weighted by Crippen LogP contribution is -2.09. The molecule has 0 atom stereocenters. The van der Waals surface area contributed by atoms with Gasteiger partial charge in [-0.1, -0.05) is 5.21 Å². The third-order valence-corrected chi connectivity index (χ3v) is 3.22. The molecule has 116 valence electrons. The minimum Gasteiger partial charge on any atom is -0.497 e. The van der Waals surface area contributed by atoms with Crippen molar-refractivity contribution in [2.75, 3.05) is 13.7 Å². The van der Waals surface area contributed by atoms with Crippen molar-refractivity contribution >= 4 is 0 Å². The fraction of sp³-hybridized carbons (Fsp3) is 0.400. The van der Waals surface area contributed by atoms with Crippen LogP contribution in [0.4, 0.5) is 0 Å². The predicted molar refractivity (Wildman–Crippen MR) is 80.3 cm³/mol. The fourth-order valence-corrected chi connectivity index (χ4v) is 2.10. The summed E-state index contributed by atoms with van der Waals surface area (Å²) < 4.78 is 12.4. The zero-order chi connectivity index (χ0) is 15.8. The second-order valence-corrected chi connectivity index (χ2v) is 4.63. The topological polar surface area (TPSA) is 99.0 Å². The number of aromatic nitrogens is 3. The monoisotopic (exact) mass is 301 g/mol. The molecule has 1 aromatic heterocycles. The molecule has 0 aliphatic rings. The number of benzene rings is 1. The summed E-state index contributed by atoms with van der Waals surface area (Å²) in [7, 11) is 1.63. The van der Waals surface area contributed by atoms with Crippen molar-refractivity contribution in [1.29, 1.82) is 5.26 Å². The summed E-state index contributed by atoms with van der Waals surface area (Å²) in [5, 5.41) is 16.7. The molecule has 22 heavy (non-hydrogen) atoms. The van der Waals surface area contributed by atoms with Crippen molar-refractivity contribution in [3.8, 4) is 17.6 Å². The number of hydrogen-bond acceptors (Lipinski definition) is 6. The molecule has 7 heteroatoms. The number of hydrogen-bond donors (Lipinski definition) is 1. The Morgan fingerprint density at radius 3 is 2.64 bits per heavy atom. The van der Waals surface area contributed by atoms with E-state index in [1.165, 1.54) is 0 Å². The first-order chi connectivity index (χ1) is 10.8. The number of methoxy groups -OCH3 is 1. The zero-order valence-corrected chi connectivity index (χ0v) is 12.5. The van der Waals surface area contributed by atoms with Crippen molar-refractivity contribution in [2.45, 2.75) is 25.9 Å². The molecule has 2 aromatic rings. The minimum atomic E-state index is 0.182. The van der Waals surface area contributed by atoms with Crippen molar-refractivity contribution in [3.05, 3.63) is 35.7 Å². The van der Waals surface area contributed by atoms with Gasteiger partial charge in [0.25, 0.3) is 0 Å². The maximum absolute atomic E-state index is 8.78. The summed E-state index contributed by atoms with van der Waals surface area (Å²) in [4.78, 5) is 0. The van der Waals surface area contributed by atoms with Crippen LogP contribution in [0.2, 0.25) is 0 Å². The van der Waals surface area contributed by atoms with Gasteiger partial charge in [-0.2, -0.15) is 5.26 Å². The average molecular weight is 301 g/mol. The number of ether oxygens (including phenoxy) is 2. The summed E-state index contributed by atoms with van der Waals surface area (Å²) in [6.45, 7) is 1.07.